The number of benzene rings is 2. The lowest BCUT2D eigenvalue weighted by molar-refractivity contribution is 0.207. The van der Waals surface area contributed by atoms with Crippen LogP contribution in [-0.2, 0) is 4.74 Å². The van der Waals surface area contributed by atoms with E-state index in [9.17, 15) is 0 Å². The van der Waals surface area contributed by atoms with E-state index in [1.165, 1.54) is 21.2 Å². The van der Waals surface area contributed by atoms with Crippen LogP contribution < -0.4 is 14.4 Å². The monoisotopic (exact) mass is 317 g/mol. The van der Waals surface area contributed by atoms with Gasteiger partial charge in [0.15, 0.2) is 0 Å². The molecule has 0 bridgehead atoms. The van der Waals surface area contributed by atoms with Gasteiger partial charge in [-0.3, -0.25) is 0 Å². The zero-order valence-electron chi connectivity index (χ0n) is 13.0. The molecule has 2 aromatic rings. The second kappa shape index (κ2) is 6.50. The first-order valence-corrected chi connectivity index (χ1v) is 7.89. The summed E-state index contributed by atoms with van der Waals surface area (Å²) < 4.78 is 16.0. The Balaban J connectivity index is 2.06. The van der Waals surface area contributed by atoms with Gasteiger partial charge in [-0.2, -0.15) is 0 Å². The number of methoxy groups -OCH3 is 3. The van der Waals surface area contributed by atoms with E-state index in [1.54, 1.807) is 33.1 Å². The molecule has 0 aromatic heterocycles. The molecule has 4 nitrogen and oxygen atoms in total. The topological polar surface area (TPSA) is 30.9 Å². The SMILES string of the molecule is COCCN1c2ccc(OC)cc2Sc2cc(OC)ccc21. The van der Waals surface area contributed by atoms with Gasteiger partial charge in [0, 0.05) is 23.4 Å². The molecule has 0 saturated carbocycles. The summed E-state index contributed by atoms with van der Waals surface area (Å²) >= 11 is 1.74. The molecule has 2 aromatic carbocycles. The molecule has 0 amide bonds. The van der Waals surface area contributed by atoms with Crippen LogP contribution in [0.3, 0.4) is 0 Å². The molecule has 0 atom stereocenters. The van der Waals surface area contributed by atoms with Crippen molar-refractivity contribution >= 4 is 23.1 Å². The van der Waals surface area contributed by atoms with Gasteiger partial charge in [-0.1, -0.05) is 11.8 Å². The van der Waals surface area contributed by atoms with E-state index in [-0.39, 0.29) is 0 Å². The van der Waals surface area contributed by atoms with Gasteiger partial charge < -0.3 is 19.1 Å². The second-order valence-corrected chi connectivity index (χ2v) is 6.00. The molecule has 1 aliphatic heterocycles. The van der Waals surface area contributed by atoms with Crippen molar-refractivity contribution in [2.75, 3.05) is 39.4 Å². The Hall–Kier alpha value is -1.85. The fourth-order valence-corrected chi connectivity index (χ4v) is 3.68. The van der Waals surface area contributed by atoms with E-state index in [4.69, 9.17) is 14.2 Å². The van der Waals surface area contributed by atoms with Gasteiger partial charge in [0.25, 0.3) is 0 Å². The lowest BCUT2D eigenvalue weighted by Gasteiger charge is -2.33. The van der Waals surface area contributed by atoms with Crippen LogP contribution in [0.4, 0.5) is 11.4 Å². The molecule has 1 heterocycles. The minimum atomic E-state index is 0.668. The lowest BCUT2D eigenvalue weighted by atomic mass is 10.2. The van der Waals surface area contributed by atoms with Crippen LogP contribution in [-0.4, -0.2) is 34.5 Å². The van der Waals surface area contributed by atoms with E-state index in [1.807, 2.05) is 12.1 Å². The standard InChI is InChI=1S/C17H19NO3S/c1-19-9-8-18-14-6-4-12(20-2)10-16(14)22-17-11-13(21-3)5-7-15(17)18/h4-7,10-11H,8-9H2,1-3H3. The number of hydrogen-bond donors (Lipinski definition) is 0. The van der Waals surface area contributed by atoms with Crippen molar-refractivity contribution in [3.63, 3.8) is 0 Å². The van der Waals surface area contributed by atoms with E-state index in [2.05, 4.69) is 29.2 Å². The van der Waals surface area contributed by atoms with Gasteiger partial charge >= 0.3 is 0 Å². The fraction of sp³-hybridized carbons (Fsp3) is 0.294. The number of nitrogens with zero attached hydrogens (tertiary/aromatic N) is 1. The Kier molecular flexibility index (Phi) is 4.45. The Morgan fingerprint density at radius 2 is 1.41 bits per heavy atom. The normalized spacial score (nSPS) is 12.6. The molecule has 0 aliphatic carbocycles. The molecule has 0 radical (unpaired) electrons. The highest BCUT2D eigenvalue weighted by Crippen LogP contribution is 2.49. The quantitative estimate of drug-likeness (QED) is 0.833. The molecule has 0 unspecified atom stereocenters. The van der Waals surface area contributed by atoms with E-state index in [0.29, 0.717) is 6.61 Å². The van der Waals surface area contributed by atoms with E-state index in [0.717, 1.165) is 18.0 Å². The van der Waals surface area contributed by atoms with E-state index >= 15 is 0 Å². The number of anilines is 2. The Labute approximate surface area is 135 Å². The van der Waals surface area contributed by atoms with Crippen LogP contribution in [0.25, 0.3) is 0 Å². The summed E-state index contributed by atoms with van der Waals surface area (Å²) in [5.74, 6) is 1.73. The first-order valence-electron chi connectivity index (χ1n) is 7.07. The largest absolute Gasteiger partial charge is 0.497 e. The minimum Gasteiger partial charge on any atom is -0.497 e. The zero-order valence-corrected chi connectivity index (χ0v) is 13.8. The maximum atomic E-state index is 5.35. The predicted octanol–water partition coefficient (Wildman–Crippen LogP) is 3.95. The van der Waals surface area contributed by atoms with Crippen LogP contribution in [0, 0.1) is 0 Å². The first kappa shape index (κ1) is 15.1. The van der Waals surface area contributed by atoms with Crippen molar-refractivity contribution in [3.8, 4) is 11.5 Å². The van der Waals surface area contributed by atoms with Gasteiger partial charge in [0.1, 0.15) is 11.5 Å². The van der Waals surface area contributed by atoms with Crippen molar-refractivity contribution in [3.05, 3.63) is 36.4 Å². The summed E-state index contributed by atoms with van der Waals surface area (Å²) in [4.78, 5) is 4.64. The molecule has 3 rings (SSSR count). The van der Waals surface area contributed by atoms with E-state index < -0.39 is 0 Å². The van der Waals surface area contributed by atoms with Gasteiger partial charge in [-0.05, 0) is 36.4 Å². The smallest absolute Gasteiger partial charge is 0.120 e. The molecule has 1 aliphatic rings. The molecule has 0 fully saturated rings. The average molecular weight is 317 g/mol. The van der Waals surface area contributed by atoms with Crippen molar-refractivity contribution in [2.24, 2.45) is 0 Å². The third kappa shape index (κ3) is 2.74. The van der Waals surface area contributed by atoms with Crippen LogP contribution in [0.1, 0.15) is 0 Å². The maximum absolute atomic E-state index is 5.35. The third-order valence-corrected chi connectivity index (χ3v) is 4.75. The highest BCUT2D eigenvalue weighted by atomic mass is 32.2. The van der Waals surface area contributed by atoms with Crippen LogP contribution in [0.15, 0.2) is 46.2 Å². The van der Waals surface area contributed by atoms with Crippen molar-refractivity contribution < 1.29 is 14.2 Å². The summed E-state index contributed by atoms with van der Waals surface area (Å²) in [6, 6.07) is 12.3. The molecule has 0 saturated heterocycles. The third-order valence-electron chi connectivity index (χ3n) is 3.65. The molecule has 0 N–H and O–H groups in total. The van der Waals surface area contributed by atoms with Gasteiger partial charge in [-0.15, -0.1) is 0 Å². The molecule has 22 heavy (non-hydrogen) atoms. The molecular weight excluding hydrogens is 298 g/mol. The second-order valence-electron chi connectivity index (χ2n) is 4.91. The summed E-state index contributed by atoms with van der Waals surface area (Å²) in [5, 5.41) is 0. The number of ether oxygens (including phenoxy) is 3. The summed E-state index contributed by atoms with van der Waals surface area (Å²) in [6.45, 7) is 1.47. The molecular formula is C17H19NO3S. The summed E-state index contributed by atoms with van der Waals surface area (Å²) in [5.41, 5.74) is 2.36. The Bertz CT molecular complexity index is 621. The lowest BCUT2D eigenvalue weighted by Crippen LogP contribution is -2.24. The number of fused-ring (bicyclic) bond motifs is 2. The van der Waals surface area contributed by atoms with Crippen LogP contribution in [0.2, 0.25) is 0 Å². The van der Waals surface area contributed by atoms with Crippen LogP contribution >= 0.6 is 11.8 Å². The average Bonchev–Trinajstić information content (AvgIpc) is 2.57. The summed E-state index contributed by atoms with van der Waals surface area (Å²) in [7, 11) is 5.10. The molecule has 0 spiro atoms. The summed E-state index contributed by atoms with van der Waals surface area (Å²) in [6.07, 6.45) is 0. The maximum Gasteiger partial charge on any atom is 0.120 e. The fourth-order valence-electron chi connectivity index (χ4n) is 2.52. The van der Waals surface area contributed by atoms with Gasteiger partial charge in [0.05, 0.1) is 32.2 Å². The minimum absolute atomic E-state index is 0.668. The van der Waals surface area contributed by atoms with Gasteiger partial charge in [-0.25, -0.2) is 0 Å². The zero-order chi connectivity index (χ0) is 15.5. The van der Waals surface area contributed by atoms with Crippen LogP contribution in [0.5, 0.6) is 11.5 Å². The molecule has 5 heteroatoms. The van der Waals surface area contributed by atoms with Crippen molar-refractivity contribution in [1.82, 2.24) is 0 Å². The Morgan fingerprint density at radius 1 is 0.864 bits per heavy atom. The molecule has 116 valence electrons. The Morgan fingerprint density at radius 3 is 1.86 bits per heavy atom. The number of hydrogen-bond acceptors (Lipinski definition) is 5. The van der Waals surface area contributed by atoms with Crippen molar-refractivity contribution in [2.45, 2.75) is 9.79 Å². The predicted molar refractivity (Wildman–Crippen MR) is 89.0 cm³/mol. The highest BCUT2D eigenvalue weighted by molar-refractivity contribution is 7.99. The van der Waals surface area contributed by atoms with Crippen molar-refractivity contribution in [1.29, 1.82) is 0 Å². The highest BCUT2D eigenvalue weighted by Gasteiger charge is 2.24. The first-order chi connectivity index (χ1) is 10.8. The van der Waals surface area contributed by atoms with Gasteiger partial charge in [0.2, 0.25) is 0 Å². The number of rotatable bonds is 5.